The van der Waals surface area contributed by atoms with Gasteiger partial charge in [0.15, 0.2) is 6.04 Å². The van der Waals surface area contributed by atoms with Gasteiger partial charge in [-0.1, -0.05) is 0 Å². The van der Waals surface area contributed by atoms with Crippen LogP contribution >= 0.6 is 0 Å². The van der Waals surface area contributed by atoms with E-state index in [9.17, 15) is 4.79 Å². The molecule has 0 aliphatic carbocycles. The summed E-state index contributed by atoms with van der Waals surface area (Å²) < 4.78 is 4.87. The zero-order chi connectivity index (χ0) is 11.7. The van der Waals surface area contributed by atoms with Crippen molar-refractivity contribution in [2.75, 3.05) is 13.2 Å². The van der Waals surface area contributed by atoms with Gasteiger partial charge < -0.3 is 21.3 Å². The van der Waals surface area contributed by atoms with E-state index in [0.29, 0.717) is 19.6 Å². The van der Waals surface area contributed by atoms with Crippen molar-refractivity contribution in [1.29, 1.82) is 0 Å². The molecule has 0 unspecified atom stereocenters. The minimum absolute atomic E-state index is 0.0716. The van der Waals surface area contributed by atoms with E-state index in [1.54, 1.807) is 6.92 Å². The Labute approximate surface area is 89.3 Å². The first-order chi connectivity index (χ1) is 7.11. The molecule has 0 spiro atoms. The van der Waals surface area contributed by atoms with Crippen molar-refractivity contribution in [3.05, 3.63) is 0 Å². The highest BCUT2D eigenvalue weighted by atomic mass is 16.5. The van der Waals surface area contributed by atoms with E-state index in [1.165, 1.54) is 0 Å². The number of carboxylic acids is 1. The third-order valence-electron chi connectivity index (χ3n) is 1.79. The molecule has 0 aliphatic rings. The minimum atomic E-state index is -0.991. The number of nitrogens with two attached hydrogens (primary N) is 2. The summed E-state index contributed by atoms with van der Waals surface area (Å²) in [4.78, 5) is 14.6. The van der Waals surface area contributed by atoms with Crippen molar-refractivity contribution >= 4 is 12.0 Å². The maximum atomic E-state index is 10.8. The summed E-state index contributed by atoms with van der Waals surface area (Å²) in [6.07, 6.45) is 1.94. The number of hydrogen-bond donors (Lipinski definition) is 3. The van der Waals surface area contributed by atoms with E-state index in [2.05, 4.69) is 4.99 Å². The number of nitrogens with zero attached hydrogens (tertiary/aromatic N) is 1. The molecule has 0 saturated heterocycles. The van der Waals surface area contributed by atoms with Gasteiger partial charge in [0.25, 0.3) is 6.02 Å². The fourth-order valence-electron chi connectivity index (χ4n) is 1.06. The Kier molecular flexibility index (Phi) is 7.35. The Morgan fingerprint density at radius 3 is 2.67 bits per heavy atom. The molecule has 0 aromatic heterocycles. The fourth-order valence-corrected chi connectivity index (χ4v) is 1.06. The van der Waals surface area contributed by atoms with Crippen LogP contribution in [0.5, 0.6) is 0 Å². The lowest BCUT2D eigenvalue weighted by Crippen LogP contribution is -2.25. The van der Waals surface area contributed by atoms with Gasteiger partial charge in [-0.25, -0.2) is 9.79 Å². The zero-order valence-electron chi connectivity index (χ0n) is 8.98. The van der Waals surface area contributed by atoms with Crippen LogP contribution in [0.25, 0.3) is 0 Å². The number of unbranched alkanes of at least 4 members (excludes halogenated alkanes) is 1. The topological polar surface area (TPSA) is 111 Å². The first-order valence-electron chi connectivity index (χ1n) is 5.00. The van der Waals surface area contributed by atoms with E-state index in [1.807, 2.05) is 0 Å². The second kappa shape index (κ2) is 8.05. The molecule has 6 nitrogen and oxygen atoms in total. The van der Waals surface area contributed by atoms with Crippen molar-refractivity contribution in [2.45, 2.75) is 32.2 Å². The van der Waals surface area contributed by atoms with E-state index >= 15 is 0 Å². The third kappa shape index (κ3) is 6.73. The predicted molar refractivity (Wildman–Crippen MR) is 57.6 cm³/mol. The Bertz CT molecular complexity index is 219. The molecule has 0 radical (unpaired) electrons. The van der Waals surface area contributed by atoms with Crippen LogP contribution in [0, 0.1) is 0 Å². The van der Waals surface area contributed by atoms with Crippen molar-refractivity contribution in [3.8, 4) is 0 Å². The molecule has 0 bridgehead atoms. The van der Waals surface area contributed by atoms with E-state index in [0.717, 1.165) is 12.8 Å². The molecular weight excluding hydrogens is 198 g/mol. The molecule has 0 saturated carbocycles. The fraction of sp³-hybridized carbons (Fsp3) is 0.778. The molecular formula is C9H19N3O3. The van der Waals surface area contributed by atoms with Gasteiger partial charge in [-0.15, -0.1) is 0 Å². The summed E-state index contributed by atoms with van der Waals surface area (Å²) in [5, 5.41) is 8.84. The third-order valence-corrected chi connectivity index (χ3v) is 1.79. The van der Waals surface area contributed by atoms with Gasteiger partial charge in [0, 0.05) is 0 Å². The van der Waals surface area contributed by atoms with Crippen LogP contribution in [0.3, 0.4) is 0 Å². The number of carboxylic acid groups (broad SMARTS) is 1. The van der Waals surface area contributed by atoms with Crippen LogP contribution in [-0.4, -0.2) is 36.3 Å². The lowest BCUT2D eigenvalue weighted by molar-refractivity contribution is -0.138. The highest BCUT2D eigenvalue weighted by Crippen LogP contribution is 2.05. The van der Waals surface area contributed by atoms with Gasteiger partial charge >= 0.3 is 5.97 Å². The number of ether oxygens (including phenoxy) is 1. The average Bonchev–Trinajstić information content (AvgIpc) is 2.16. The van der Waals surface area contributed by atoms with E-state index in [-0.39, 0.29) is 6.02 Å². The number of aliphatic carboxylic acids is 1. The Morgan fingerprint density at radius 1 is 1.53 bits per heavy atom. The smallest absolute Gasteiger partial charge is 0.328 e. The number of rotatable bonds is 7. The molecule has 5 N–H and O–H groups in total. The predicted octanol–water partition coefficient (Wildman–Crippen LogP) is -0.0802. The largest absolute Gasteiger partial charge is 0.480 e. The molecule has 0 aromatic carbocycles. The molecule has 0 amide bonds. The second-order valence-electron chi connectivity index (χ2n) is 3.04. The summed E-state index contributed by atoms with van der Waals surface area (Å²) in [7, 11) is 0. The van der Waals surface area contributed by atoms with Crippen LogP contribution in [0.4, 0.5) is 0 Å². The summed E-state index contributed by atoms with van der Waals surface area (Å²) in [5.74, 6) is -0.991. The Morgan fingerprint density at radius 2 is 2.20 bits per heavy atom. The highest BCUT2D eigenvalue weighted by molar-refractivity contribution is 5.79. The van der Waals surface area contributed by atoms with Crippen molar-refractivity contribution in [1.82, 2.24) is 0 Å². The Hall–Kier alpha value is -1.30. The van der Waals surface area contributed by atoms with Crippen LogP contribution in [0.2, 0.25) is 0 Å². The van der Waals surface area contributed by atoms with Crippen LogP contribution in [-0.2, 0) is 9.53 Å². The number of hydrogen-bond acceptors (Lipinski definition) is 4. The van der Waals surface area contributed by atoms with Crippen molar-refractivity contribution in [2.24, 2.45) is 16.5 Å². The molecule has 6 heteroatoms. The molecule has 0 fully saturated rings. The van der Waals surface area contributed by atoms with E-state index in [4.69, 9.17) is 21.3 Å². The lowest BCUT2D eigenvalue weighted by Gasteiger charge is -2.08. The molecule has 15 heavy (non-hydrogen) atoms. The van der Waals surface area contributed by atoms with Gasteiger partial charge in [-0.2, -0.15) is 0 Å². The summed E-state index contributed by atoms with van der Waals surface area (Å²) in [6.45, 7) is 2.69. The van der Waals surface area contributed by atoms with E-state index < -0.39 is 12.0 Å². The van der Waals surface area contributed by atoms with Crippen molar-refractivity contribution in [3.63, 3.8) is 0 Å². The number of amidine groups is 1. The minimum Gasteiger partial charge on any atom is -0.480 e. The molecule has 1 atom stereocenters. The quantitative estimate of drug-likeness (QED) is 0.314. The lowest BCUT2D eigenvalue weighted by atomic mass is 10.1. The number of aliphatic imine (C=N–C) groups is 1. The molecule has 88 valence electrons. The first kappa shape index (κ1) is 13.7. The summed E-state index contributed by atoms with van der Waals surface area (Å²) in [5.41, 5.74) is 10.7. The Balaban J connectivity index is 4.14. The van der Waals surface area contributed by atoms with Crippen LogP contribution < -0.4 is 11.5 Å². The maximum Gasteiger partial charge on any atom is 0.328 e. The SMILES string of the molecule is CCOC(N)=N[C@@H](CCCCN)C(=O)O. The van der Waals surface area contributed by atoms with Crippen LogP contribution in [0.1, 0.15) is 26.2 Å². The van der Waals surface area contributed by atoms with Gasteiger partial charge in [-0.05, 0) is 32.7 Å². The molecule has 0 aromatic rings. The summed E-state index contributed by atoms with van der Waals surface area (Å²) >= 11 is 0. The first-order valence-corrected chi connectivity index (χ1v) is 5.00. The average molecular weight is 217 g/mol. The zero-order valence-corrected chi connectivity index (χ0v) is 8.98. The maximum absolute atomic E-state index is 10.8. The molecule has 0 rings (SSSR count). The number of carbonyl (C=O) groups is 1. The van der Waals surface area contributed by atoms with Crippen molar-refractivity contribution < 1.29 is 14.6 Å². The van der Waals surface area contributed by atoms with Gasteiger partial charge in [0.1, 0.15) is 0 Å². The molecule has 0 heterocycles. The molecule has 0 aliphatic heterocycles. The van der Waals surface area contributed by atoms with Crippen LogP contribution in [0.15, 0.2) is 4.99 Å². The standard InChI is InChI=1S/C9H19N3O3/c1-2-15-9(11)12-7(8(13)14)5-3-4-6-10/h7H,2-6,10H2,1H3,(H2,11,12)(H,13,14)/t7-/m0/s1. The van der Waals surface area contributed by atoms with Gasteiger partial charge in [0.05, 0.1) is 6.61 Å². The normalized spacial score (nSPS) is 13.6. The van der Waals surface area contributed by atoms with Gasteiger partial charge in [-0.3, -0.25) is 0 Å². The highest BCUT2D eigenvalue weighted by Gasteiger charge is 2.16. The monoisotopic (exact) mass is 217 g/mol. The second-order valence-corrected chi connectivity index (χ2v) is 3.04. The van der Waals surface area contributed by atoms with Gasteiger partial charge in [0.2, 0.25) is 0 Å². The summed E-state index contributed by atoms with van der Waals surface area (Å²) in [6, 6.07) is -0.902.